The lowest BCUT2D eigenvalue weighted by atomic mass is 9.98. The molecule has 0 aliphatic heterocycles. The standard InChI is InChI=1S/C11H13ClO3/c1-7(11(14)15)5-10(13)8-3-2-4-9(12)6-8/h2-4,6-7,10,13H,5H2,1H3,(H,14,15). The molecular weight excluding hydrogens is 216 g/mol. The summed E-state index contributed by atoms with van der Waals surface area (Å²) in [4.78, 5) is 10.6. The van der Waals surface area contributed by atoms with Gasteiger partial charge in [-0.05, 0) is 24.1 Å². The SMILES string of the molecule is CC(CC(O)c1cccc(Cl)c1)C(=O)O. The Morgan fingerprint density at radius 3 is 2.73 bits per heavy atom. The topological polar surface area (TPSA) is 57.5 Å². The van der Waals surface area contributed by atoms with Crippen molar-refractivity contribution in [2.45, 2.75) is 19.4 Å². The van der Waals surface area contributed by atoms with Crippen LogP contribution in [0, 0.1) is 5.92 Å². The predicted octanol–water partition coefficient (Wildman–Crippen LogP) is 2.48. The van der Waals surface area contributed by atoms with Crippen molar-refractivity contribution in [1.29, 1.82) is 0 Å². The molecule has 2 atom stereocenters. The summed E-state index contributed by atoms with van der Waals surface area (Å²) in [5, 5.41) is 19.0. The van der Waals surface area contributed by atoms with E-state index in [4.69, 9.17) is 16.7 Å². The normalized spacial score (nSPS) is 14.6. The monoisotopic (exact) mass is 228 g/mol. The van der Waals surface area contributed by atoms with Crippen LogP contribution in [0.3, 0.4) is 0 Å². The first-order chi connectivity index (χ1) is 7.00. The van der Waals surface area contributed by atoms with E-state index in [1.807, 2.05) is 0 Å². The van der Waals surface area contributed by atoms with Crippen LogP contribution < -0.4 is 0 Å². The van der Waals surface area contributed by atoms with Crippen molar-refractivity contribution < 1.29 is 15.0 Å². The van der Waals surface area contributed by atoms with Gasteiger partial charge in [0.2, 0.25) is 0 Å². The lowest BCUT2D eigenvalue weighted by Crippen LogP contribution is -2.13. The number of carboxylic acid groups (broad SMARTS) is 1. The van der Waals surface area contributed by atoms with Crippen LogP contribution in [0.1, 0.15) is 25.0 Å². The lowest BCUT2D eigenvalue weighted by molar-refractivity contribution is -0.142. The highest BCUT2D eigenvalue weighted by Crippen LogP contribution is 2.23. The Morgan fingerprint density at radius 1 is 1.53 bits per heavy atom. The maximum atomic E-state index is 10.6. The average Bonchev–Trinajstić information content (AvgIpc) is 2.17. The second kappa shape index (κ2) is 5.14. The minimum Gasteiger partial charge on any atom is -0.481 e. The van der Waals surface area contributed by atoms with Crippen LogP contribution in [-0.2, 0) is 4.79 Å². The molecule has 4 heteroatoms. The molecule has 0 aliphatic rings. The maximum absolute atomic E-state index is 10.6. The number of hydrogen-bond acceptors (Lipinski definition) is 2. The summed E-state index contributed by atoms with van der Waals surface area (Å²) in [6.07, 6.45) is -0.592. The molecule has 2 N–H and O–H groups in total. The average molecular weight is 229 g/mol. The Kier molecular flexibility index (Phi) is 4.12. The fourth-order valence-corrected chi connectivity index (χ4v) is 1.48. The van der Waals surface area contributed by atoms with Gasteiger partial charge in [-0.15, -0.1) is 0 Å². The van der Waals surface area contributed by atoms with Crippen LogP contribution in [0.15, 0.2) is 24.3 Å². The van der Waals surface area contributed by atoms with Gasteiger partial charge < -0.3 is 10.2 Å². The first-order valence-electron chi connectivity index (χ1n) is 4.67. The van der Waals surface area contributed by atoms with Gasteiger partial charge >= 0.3 is 5.97 Å². The zero-order valence-electron chi connectivity index (χ0n) is 8.35. The van der Waals surface area contributed by atoms with E-state index < -0.39 is 18.0 Å². The van der Waals surface area contributed by atoms with Crippen molar-refractivity contribution in [2.75, 3.05) is 0 Å². The van der Waals surface area contributed by atoms with Crippen LogP contribution in [-0.4, -0.2) is 16.2 Å². The molecule has 82 valence electrons. The van der Waals surface area contributed by atoms with E-state index in [1.54, 1.807) is 31.2 Å². The van der Waals surface area contributed by atoms with Crippen molar-refractivity contribution in [3.8, 4) is 0 Å². The maximum Gasteiger partial charge on any atom is 0.306 e. The van der Waals surface area contributed by atoms with Crippen molar-refractivity contribution in [3.63, 3.8) is 0 Å². The fourth-order valence-electron chi connectivity index (χ4n) is 1.29. The largest absolute Gasteiger partial charge is 0.481 e. The van der Waals surface area contributed by atoms with Gasteiger partial charge in [-0.1, -0.05) is 30.7 Å². The molecule has 0 aromatic heterocycles. The summed E-state index contributed by atoms with van der Waals surface area (Å²) in [6.45, 7) is 1.57. The van der Waals surface area contributed by atoms with Crippen molar-refractivity contribution in [2.24, 2.45) is 5.92 Å². The Hall–Kier alpha value is -1.06. The van der Waals surface area contributed by atoms with Crippen LogP contribution >= 0.6 is 11.6 Å². The van der Waals surface area contributed by atoms with Crippen molar-refractivity contribution >= 4 is 17.6 Å². The first-order valence-corrected chi connectivity index (χ1v) is 5.05. The van der Waals surface area contributed by atoms with Gasteiger partial charge in [-0.3, -0.25) is 4.79 Å². The molecule has 0 heterocycles. The summed E-state index contributed by atoms with van der Waals surface area (Å²) in [5.41, 5.74) is 0.649. The molecule has 0 fully saturated rings. The molecule has 1 aromatic carbocycles. The van der Waals surface area contributed by atoms with Crippen molar-refractivity contribution in [1.82, 2.24) is 0 Å². The minimum absolute atomic E-state index is 0.190. The molecule has 0 saturated carbocycles. The molecular formula is C11H13ClO3. The number of halogens is 1. The number of carboxylic acids is 1. The van der Waals surface area contributed by atoms with Crippen LogP contribution in [0.25, 0.3) is 0 Å². The Morgan fingerprint density at radius 2 is 2.20 bits per heavy atom. The second-order valence-electron chi connectivity index (χ2n) is 3.55. The van der Waals surface area contributed by atoms with E-state index >= 15 is 0 Å². The molecule has 0 radical (unpaired) electrons. The third-order valence-corrected chi connectivity index (χ3v) is 2.47. The summed E-state index contributed by atoms with van der Waals surface area (Å²) in [7, 11) is 0. The molecule has 0 amide bonds. The van der Waals surface area contributed by atoms with Crippen LogP contribution in [0.4, 0.5) is 0 Å². The molecule has 1 aromatic rings. The van der Waals surface area contributed by atoms with E-state index in [0.29, 0.717) is 10.6 Å². The number of benzene rings is 1. The fraction of sp³-hybridized carbons (Fsp3) is 0.364. The van der Waals surface area contributed by atoms with Gasteiger partial charge in [0, 0.05) is 5.02 Å². The highest BCUT2D eigenvalue weighted by Gasteiger charge is 2.17. The third kappa shape index (κ3) is 3.53. The smallest absolute Gasteiger partial charge is 0.306 e. The Labute approximate surface area is 93.3 Å². The second-order valence-corrected chi connectivity index (χ2v) is 3.98. The molecule has 3 nitrogen and oxygen atoms in total. The van der Waals surface area contributed by atoms with Gasteiger partial charge in [0.05, 0.1) is 12.0 Å². The summed E-state index contributed by atoms with van der Waals surface area (Å²) < 4.78 is 0. The molecule has 0 spiro atoms. The van der Waals surface area contributed by atoms with E-state index in [-0.39, 0.29) is 6.42 Å². The molecule has 0 saturated heterocycles. The zero-order valence-corrected chi connectivity index (χ0v) is 9.11. The third-order valence-electron chi connectivity index (χ3n) is 2.23. The molecule has 0 bridgehead atoms. The number of aliphatic hydroxyl groups is 1. The number of rotatable bonds is 4. The summed E-state index contributed by atoms with van der Waals surface area (Å²) in [6, 6.07) is 6.80. The molecule has 15 heavy (non-hydrogen) atoms. The lowest BCUT2D eigenvalue weighted by Gasteiger charge is -2.13. The highest BCUT2D eigenvalue weighted by atomic mass is 35.5. The summed E-state index contributed by atoms with van der Waals surface area (Å²) >= 11 is 5.76. The van der Waals surface area contributed by atoms with Gasteiger partial charge in [0.25, 0.3) is 0 Å². The van der Waals surface area contributed by atoms with E-state index in [1.165, 1.54) is 0 Å². The van der Waals surface area contributed by atoms with Gasteiger partial charge in [-0.25, -0.2) is 0 Å². The van der Waals surface area contributed by atoms with E-state index in [0.717, 1.165) is 0 Å². The minimum atomic E-state index is -0.906. The quantitative estimate of drug-likeness (QED) is 0.833. The number of carbonyl (C=O) groups is 1. The van der Waals surface area contributed by atoms with E-state index in [2.05, 4.69) is 0 Å². The summed E-state index contributed by atoms with van der Waals surface area (Å²) in [5.74, 6) is -1.48. The van der Waals surface area contributed by atoms with Crippen LogP contribution in [0.5, 0.6) is 0 Å². The molecule has 1 rings (SSSR count). The van der Waals surface area contributed by atoms with Crippen molar-refractivity contribution in [3.05, 3.63) is 34.9 Å². The van der Waals surface area contributed by atoms with Gasteiger partial charge in [-0.2, -0.15) is 0 Å². The first kappa shape index (κ1) is 12.0. The number of aliphatic hydroxyl groups excluding tert-OH is 1. The molecule has 2 unspecified atom stereocenters. The zero-order chi connectivity index (χ0) is 11.4. The van der Waals surface area contributed by atoms with Gasteiger partial charge in [0.1, 0.15) is 0 Å². The highest BCUT2D eigenvalue weighted by molar-refractivity contribution is 6.30. The van der Waals surface area contributed by atoms with E-state index in [9.17, 15) is 9.90 Å². The van der Waals surface area contributed by atoms with Gasteiger partial charge in [0.15, 0.2) is 0 Å². The molecule has 0 aliphatic carbocycles. The Balaban J connectivity index is 2.68. The Bertz CT molecular complexity index is 351. The number of aliphatic carboxylic acids is 1. The number of hydrogen-bond donors (Lipinski definition) is 2. The predicted molar refractivity (Wildman–Crippen MR) is 57.8 cm³/mol. The van der Waals surface area contributed by atoms with Crippen LogP contribution in [0.2, 0.25) is 5.02 Å².